The van der Waals surface area contributed by atoms with Crippen LogP contribution < -0.4 is 10.6 Å². The maximum absolute atomic E-state index is 5.58. The van der Waals surface area contributed by atoms with E-state index in [0.717, 1.165) is 30.2 Å². The van der Waals surface area contributed by atoms with E-state index in [2.05, 4.69) is 15.0 Å². The molecule has 1 aliphatic rings. The third-order valence-corrected chi connectivity index (χ3v) is 3.25. The van der Waals surface area contributed by atoms with E-state index in [0.29, 0.717) is 5.88 Å². The van der Waals surface area contributed by atoms with Crippen LogP contribution in [0.4, 0.5) is 11.7 Å². The van der Waals surface area contributed by atoms with E-state index in [4.69, 9.17) is 10.3 Å². The molecule has 0 spiro atoms. The number of rotatable bonds is 2. The highest BCUT2D eigenvalue weighted by Crippen LogP contribution is 2.30. The molecule has 1 fully saturated rings. The fraction of sp³-hybridized carbons (Fsp3) is 0.385. The van der Waals surface area contributed by atoms with Gasteiger partial charge < -0.3 is 15.2 Å². The highest BCUT2D eigenvalue weighted by Gasteiger charge is 2.18. The van der Waals surface area contributed by atoms with Gasteiger partial charge in [0.15, 0.2) is 0 Å². The molecule has 0 aliphatic carbocycles. The SMILES string of the molecule is Nc1cc(-c2cccnc2N2CCCCC2)no1. The Balaban J connectivity index is 1.99. The third-order valence-electron chi connectivity index (χ3n) is 3.25. The lowest BCUT2D eigenvalue weighted by molar-refractivity contribution is 0.439. The Morgan fingerprint density at radius 2 is 2.06 bits per heavy atom. The Morgan fingerprint density at radius 3 is 2.78 bits per heavy atom. The zero-order valence-corrected chi connectivity index (χ0v) is 10.2. The molecule has 2 aromatic rings. The van der Waals surface area contributed by atoms with E-state index in [1.54, 1.807) is 6.07 Å². The number of nitrogens with zero attached hydrogens (tertiary/aromatic N) is 3. The van der Waals surface area contributed by atoms with Gasteiger partial charge in [0.2, 0.25) is 5.88 Å². The lowest BCUT2D eigenvalue weighted by Gasteiger charge is -2.28. The second-order valence-corrected chi connectivity index (χ2v) is 4.54. The van der Waals surface area contributed by atoms with Crippen LogP contribution in [0.2, 0.25) is 0 Å². The van der Waals surface area contributed by atoms with Crippen molar-refractivity contribution in [1.82, 2.24) is 10.1 Å². The minimum Gasteiger partial charge on any atom is -0.368 e. The summed E-state index contributed by atoms with van der Waals surface area (Å²) in [6, 6.07) is 5.66. The van der Waals surface area contributed by atoms with E-state index in [1.807, 2.05) is 18.3 Å². The van der Waals surface area contributed by atoms with Crippen LogP contribution in [0.5, 0.6) is 0 Å². The van der Waals surface area contributed by atoms with Crippen LogP contribution in [0, 0.1) is 0 Å². The number of piperidine rings is 1. The van der Waals surface area contributed by atoms with Gasteiger partial charge in [0, 0.05) is 30.9 Å². The van der Waals surface area contributed by atoms with Crippen molar-refractivity contribution in [2.24, 2.45) is 0 Å². The van der Waals surface area contributed by atoms with Crippen LogP contribution in [-0.2, 0) is 0 Å². The predicted octanol–water partition coefficient (Wildman–Crippen LogP) is 2.31. The first kappa shape index (κ1) is 11.1. The first-order chi connectivity index (χ1) is 8.84. The van der Waals surface area contributed by atoms with Gasteiger partial charge in [-0.05, 0) is 31.4 Å². The average Bonchev–Trinajstić information content (AvgIpc) is 2.86. The summed E-state index contributed by atoms with van der Waals surface area (Å²) >= 11 is 0. The van der Waals surface area contributed by atoms with Gasteiger partial charge in [-0.1, -0.05) is 5.16 Å². The van der Waals surface area contributed by atoms with Crippen molar-refractivity contribution in [1.29, 1.82) is 0 Å². The second kappa shape index (κ2) is 4.68. The minimum atomic E-state index is 0.332. The Hall–Kier alpha value is -2.04. The number of nitrogens with two attached hydrogens (primary N) is 1. The molecule has 5 heteroatoms. The van der Waals surface area contributed by atoms with Crippen molar-refractivity contribution in [3.63, 3.8) is 0 Å². The standard InChI is InChI=1S/C13H16N4O/c14-12-9-11(16-18-12)10-5-4-6-15-13(10)17-7-2-1-3-8-17/h4-6,9H,1-3,7-8,14H2. The molecule has 0 radical (unpaired) electrons. The largest absolute Gasteiger partial charge is 0.368 e. The van der Waals surface area contributed by atoms with E-state index < -0.39 is 0 Å². The maximum Gasteiger partial charge on any atom is 0.222 e. The Labute approximate surface area is 106 Å². The van der Waals surface area contributed by atoms with Crippen LogP contribution in [0.25, 0.3) is 11.3 Å². The first-order valence-corrected chi connectivity index (χ1v) is 6.27. The first-order valence-electron chi connectivity index (χ1n) is 6.27. The Bertz CT molecular complexity index is 531. The highest BCUT2D eigenvalue weighted by molar-refractivity contribution is 5.74. The summed E-state index contributed by atoms with van der Waals surface area (Å²) in [4.78, 5) is 6.80. The normalized spacial score (nSPS) is 15.9. The van der Waals surface area contributed by atoms with Crippen molar-refractivity contribution in [3.8, 4) is 11.3 Å². The van der Waals surface area contributed by atoms with Gasteiger partial charge in [-0.25, -0.2) is 4.98 Å². The molecule has 18 heavy (non-hydrogen) atoms. The highest BCUT2D eigenvalue weighted by atomic mass is 16.5. The summed E-state index contributed by atoms with van der Waals surface area (Å²) in [7, 11) is 0. The number of nitrogen functional groups attached to an aromatic ring is 1. The molecule has 1 saturated heterocycles. The van der Waals surface area contributed by atoms with Gasteiger partial charge in [-0.15, -0.1) is 0 Å². The molecule has 1 aliphatic heterocycles. The number of hydrogen-bond acceptors (Lipinski definition) is 5. The fourth-order valence-electron chi connectivity index (χ4n) is 2.37. The monoisotopic (exact) mass is 244 g/mol. The average molecular weight is 244 g/mol. The molecule has 94 valence electrons. The van der Waals surface area contributed by atoms with Crippen LogP contribution in [0.1, 0.15) is 19.3 Å². The van der Waals surface area contributed by atoms with E-state index in [1.165, 1.54) is 19.3 Å². The molecule has 0 atom stereocenters. The van der Waals surface area contributed by atoms with Crippen molar-refractivity contribution < 1.29 is 4.52 Å². The molecule has 2 aromatic heterocycles. The molecule has 2 N–H and O–H groups in total. The lowest BCUT2D eigenvalue weighted by Crippen LogP contribution is -2.30. The molecular formula is C13H16N4O. The number of pyridine rings is 1. The third kappa shape index (κ3) is 2.03. The van der Waals surface area contributed by atoms with Crippen molar-refractivity contribution in [3.05, 3.63) is 24.4 Å². The molecule has 3 heterocycles. The molecule has 0 aromatic carbocycles. The minimum absolute atomic E-state index is 0.332. The van der Waals surface area contributed by atoms with Crippen molar-refractivity contribution >= 4 is 11.7 Å². The Kier molecular flexibility index (Phi) is 2.88. The van der Waals surface area contributed by atoms with Crippen molar-refractivity contribution in [2.75, 3.05) is 23.7 Å². The molecular weight excluding hydrogens is 228 g/mol. The van der Waals surface area contributed by atoms with Crippen LogP contribution in [-0.4, -0.2) is 23.2 Å². The number of anilines is 2. The molecule has 5 nitrogen and oxygen atoms in total. The lowest BCUT2D eigenvalue weighted by atomic mass is 10.1. The summed E-state index contributed by atoms with van der Waals surface area (Å²) in [6.45, 7) is 2.11. The van der Waals surface area contributed by atoms with E-state index in [9.17, 15) is 0 Å². The van der Waals surface area contributed by atoms with Gasteiger partial charge in [-0.3, -0.25) is 0 Å². The summed E-state index contributed by atoms with van der Waals surface area (Å²) in [5, 5.41) is 3.97. The molecule has 0 saturated carbocycles. The van der Waals surface area contributed by atoms with E-state index in [-0.39, 0.29) is 0 Å². The predicted molar refractivity (Wildman–Crippen MR) is 70.2 cm³/mol. The van der Waals surface area contributed by atoms with Crippen LogP contribution in [0.3, 0.4) is 0 Å². The molecule has 0 bridgehead atoms. The van der Waals surface area contributed by atoms with Gasteiger partial charge in [0.05, 0.1) is 0 Å². The van der Waals surface area contributed by atoms with Gasteiger partial charge in [0.25, 0.3) is 0 Å². The summed E-state index contributed by atoms with van der Waals surface area (Å²) in [6.07, 6.45) is 5.56. The molecule has 0 unspecified atom stereocenters. The zero-order valence-electron chi connectivity index (χ0n) is 10.2. The van der Waals surface area contributed by atoms with Crippen LogP contribution in [0.15, 0.2) is 28.9 Å². The summed E-state index contributed by atoms with van der Waals surface area (Å²) < 4.78 is 4.94. The quantitative estimate of drug-likeness (QED) is 0.878. The zero-order chi connectivity index (χ0) is 12.4. The fourth-order valence-corrected chi connectivity index (χ4v) is 2.37. The second-order valence-electron chi connectivity index (χ2n) is 4.54. The number of hydrogen-bond donors (Lipinski definition) is 1. The van der Waals surface area contributed by atoms with Gasteiger partial charge in [-0.2, -0.15) is 0 Å². The summed E-state index contributed by atoms with van der Waals surface area (Å²) in [5.41, 5.74) is 7.32. The molecule has 3 rings (SSSR count). The number of aromatic nitrogens is 2. The molecule has 0 amide bonds. The smallest absolute Gasteiger partial charge is 0.222 e. The Morgan fingerprint density at radius 1 is 1.22 bits per heavy atom. The summed E-state index contributed by atoms with van der Waals surface area (Å²) in [5.74, 6) is 1.31. The van der Waals surface area contributed by atoms with Gasteiger partial charge in [0.1, 0.15) is 11.5 Å². The van der Waals surface area contributed by atoms with E-state index >= 15 is 0 Å². The topological polar surface area (TPSA) is 68.2 Å². The van der Waals surface area contributed by atoms with Crippen LogP contribution >= 0.6 is 0 Å². The maximum atomic E-state index is 5.58. The van der Waals surface area contributed by atoms with Gasteiger partial charge >= 0.3 is 0 Å². The van der Waals surface area contributed by atoms with Crippen molar-refractivity contribution in [2.45, 2.75) is 19.3 Å².